The molecule has 1 saturated carbocycles. The van der Waals surface area contributed by atoms with E-state index in [2.05, 4.69) is 6.58 Å². The minimum atomic E-state index is -0.600. The SMILES string of the molecule is C=C1CCC(CCCCCOC(=O)c2ccc(-c3c(F)cc(C)cc3F)cc2CC)C1. The lowest BCUT2D eigenvalue weighted by molar-refractivity contribution is 0.0496. The molecule has 2 aromatic rings. The third kappa shape index (κ3) is 6.03. The van der Waals surface area contributed by atoms with E-state index in [-0.39, 0.29) is 11.5 Å². The molecule has 2 nitrogen and oxygen atoms in total. The maximum absolute atomic E-state index is 14.3. The van der Waals surface area contributed by atoms with Crippen LogP contribution in [0.1, 0.15) is 73.4 Å². The summed E-state index contributed by atoms with van der Waals surface area (Å²) in [6.07, 6.45) is 8.43. The number of esters is 1. The summed E-state index contributed by atoms with van der Waals surface area (Å²) in [5.74, 6) is -0.794. The van der Waals surface area contributed by atoms with Crippen LogP contribution in [0.2, 0.25) is 0 Å². The van der Waals surface area contributed by atoms with Gasteiger partial charge in [0.1, 0.15) is 11.6 Å². The number of benzene rings is 2. The van der Waals surface area contributed by atoms with Crippen LogP contribution in [-0.2, 0) is 11.2 Å². The highest BCUT2D eigenvalue weighted by Gasteiger charge is 2.18. The van der Waals surface area contributed by atoms with Gasteiger partial charge < -0.3 is 4.74 Å². The Morgan fingerprint density at radius 1 is 1.13 bits per heavy atom. The fraction of sp³-hybridized carbons (Fsp3) is 0.444. The number of halogens is 2. The maximum Gasteiger partial charge on any atom is 0.338 e. The number of hydrogen-bond acceptors (Lipinski definition) is 2. The lowest BCUT2D eigenvalue weighted by Gasteiger charge is -2.12. The van der Waals surface area contributed by atoms with E-state index >= 15 is 0 Å². The Hall–Kier alpha value is -2.49. The molecule has 0 aliphatic heterocycles. The van der Waals surface area contributed by atoms with Crippen molar-refractivity contribution in [2.24, 2.45) is 5.92 Å². The largest absolute Gasteiger partial charge is 0.462 e. The Morgan fingerprint density at radius 3 is 2.52 bits per heavy atom. The lowest BCUT2D eigenvalue weighted by atomic mass is 9.96. The monoisotopic (exact) mass is 426 g/mol. The first-order valence-corrected chi connectivity index (χ1v) is 11.3. The zero-order valence-electron chi connectivity index (χ0n) is 18.6. The van der Waals surface area contributed by atoms with Crippen molar-refractivity contribution < 1.29 is 18.3 Å². The van der Waals surface area contributed by atoms with Crippen LogP contribution < -0.4 is 0 Å². The summed E-state index contributed by atoms with van der Waals surface area (Å²) in [6.45, 7) is 8.02. The van der Waals surface area contributed by atoms with E-state index in [1.165, 1.54) is 43.4 Å². The van der Waals surface area contributed by atoms with Crippen LogP contribution in [0.3, 0.4) is 0 Å². The molecule has 1 atom stereocenters. The average molecular weight is 427 g/mol. The Kier molecular flexibility index (Phi) is 8.00. The second-order valence-corrected chi connectivity index (χ2v) is 8.67. The summed E-state index contributed by atoms with van der Waals surface area (Å²) >= 11 is 0. The molecule has 0 heterocycles. The van der Waals surface area contributed by atoms with Gasteiger partial charge in [-0.3, -0.25) is 0 Å². The van der Waals surface area contributed by atoms with E-state index in [0.717, 1.165) is 30.7 Å². The number of ether oxygens (including phenoxy) is 1. The molecule has 0 spiro atoms. The number of allylic oxidation sites excluding steroid dienone is 1. The maximum atomic E-state index is 14.3. The van der Waals surface area contributed by atoms with E-state index in [1.54, 1.807) is 25.1 Å². The molecule has 31 heavy (non-hydrogen) atoms. The topological polar surface area (TPSA) is 26.3 Å². The number of carbonyl (C=O) groups excluding carboxylic acids is 1. The molecule has 166 valence electrons. The molecule has 0 amide bonds. The number of aryl methyl sites for hydroxylation is 2. The van der Waals surface area contributed by atoms with Crippen molar-refractivity contribution in [1.29, 1.82) is 0 Å². The summed E-state index contributed by atoms with van der Waals surface area (Å²) in [7, 11) is 0. The van der Waals surface area contributed by atoms with Gasteiger partial charge >= 0.3 is 5.97 Å². The van der Waals surface area contributed by atoms with E-state index in [0.29, 0.717) is 29.7 Å². The Balaban J connectivity index is 1.55. The Morgan fingerprint density at radius 2 is 1.87 bits per heavy atom. The smallest absolute Gasteiger partial charge is 0.338 e. The molecule has 4 heteroatoms. The molecule has 3 rings (SSSR count). The van der Waals surface area contributed by atoms with Gasteiger partial charge in [-0.25, -0.2) is 13.6 Å². The molecule has 0 bridgehead atoms. The van der Waals surface area contributed by atoms with E-state index in [1.807, 2.05) is 6.92 Å². The van der Waals surface area contributed by atoms with Gasteiger partial charge in [0.15, 0.2) is 0 Å². The first-order chi connectivity index (χ1) is 14.9. The van der Waals surface area contributed by atoms with Crippen LogP contribution in [0.15, 0.2) is 42.5 Å². The minimum Gasteiger partial charge on any atom is -0.462 e. The number of carbonyl (C=O) groups is 1. The number of rotatable bonds is 9. The highest BCUT2D eigenvalue weighted by molar-refractivity contribution is 5.92. The molecule has 1 aliphatic carbocycles. The quantitative estimate of drug-likeness (QED) is 0.235. The number of unbranched alkanes of at least 4 members (excludes halogenated alkanes) is 2. The molecule has 0 aromatic heterocycles. The van der Waals surface area contributed by atoms with E-state index in [9.17, 15) is 13.6 Å². The summed E-state index contributed by atoms with van der Waals surface area (Å²) in [6, 6.07) is 7.51. The molecule has 2 aromatic carbocycles. The van der Waals surface area contributed by atoms with Crippen LogP contribution in [0, 0.1) is 24.5 Å². The molecule has 1 fully saturated rings. The highest BCUT2D eigenvalue weighted by atomic mass is 19.1. The third-order valence-corrected chi connectivity index (χ3v) is 6.15. The highest BCUT2D eigenvalue weighted by Crippen LogP contribution is 2.32. The zero-order chi connectivity index (χ0) is 22.4. The summed E-state index contributed by atoms with van der Waals surface area (Å²) in [5.41, 5.74) is 3.46. The van der Waals surface area contributed by atoms with E-state index < -0.39 is 11.6 Å². The van der Waals surface area contributed by atoms with Gasteiger partial charge in [-0.15, -0.1) is 0 Å². The van der Waals surface area contributed by atoms with Crippen molar-refractivity contribution >= 4 is 5.97 Å². The molecular formula is C27H32F2O2. The van der Waals surface area contributed by atoms with Crippen LogP contribution in [0.5, 0.6) is 0 Å². The lowest BCUT2D eigenvalue weighted by Crippen LogP contribution is -2.09. The fourth-order valence-electron chi connectivity index (χ4n) is 4.44. The van der Waals surface area contributed by atoms with Crippen LogP contribution in [-0.4, -0.2) is 12.6 Å². The molecular weight excluding hydrogens is 394 g/mol. The summed E-state index contributed by atoms with van der Waals surface area (Å²) < 4.78 is 34.2. The molecule has 0 saturated heterocycles. The third-order valence-electron chi connectivity index (χ3n) is 6.15. The molecule has 1 aliphatic rings. The zero-order valence-corrected chi connectivity index (χ0v) is 18.6. The first-order valence-electron chi connectivity index (χ1n) is 11.3. The Bertz CT molecular complexity index is 925. The summed E-state index contributed by atoms with van der Waals surface area (Å²) in [5, 5.41) is 0. The van der Waals surface area contributed by atoms with Gasteiger partial charge in [0.05, 0.1) is 17.7 Å². The second-order valence-electron chi connectivity index (χ2n) is 8.67. The van der Waals surface area contributed by atoms with Crippen molar-refractivity contribution in [3.8, 4) is 11.1 Å². The van der Waals surface area contributed by atoms with Gasteiger partial charge in [0.2, 0.25) is 0 Å². The predicted molar refractivity (Wildman–Crippen MR) is 121 cm³/mol. The van der Waals surface area contributed by atoms with Crippen LogP contribution in [0.25, 0.3) is 11.1 Å². The Labute approximate surface area is 184 Å². The van der Waals surface area contributed by atoms with Crippen molar-refractivity contribution in [1.82, 2.24) is 0 Å². The molecule has 1 unspecified atom stereocenters. The van der Waals surface area contributed by atoms with Gasteiger partial charge in [-0.1, -0.05) is 50.5 Å². The molecule has 0 N–H and O–H groups in total. The summed E-state index contributed by atoms with van der Waals surface area (Å²) in [4.78, 5) is 12.5. The standard InChI is InChI=1S/C27H32F2O2/c1-4-21-17-22(26-24(28)15-19(3)16-25(26)29)11-12-23(21)27(30)31-13-7-5-6-8-20-10-9-18(2)14-20/h11-12,15-17,20H,2,4-10,13-14H2,1,3H3. The van der Waals surface area contributed by atoms with Gasteiger partial charge in [0.25, 0.3) is 0 Å². The van der Waals surface area contributed by atoms with Gasteiger partial charge in [-0.2, -0.15) is 0 Å². The number of hydrogen-bond donors (Lipinski definition) is 0. The van der Waals surface area contributed by atoms with E-state index in [4.69, 9.17) is 4.74 Å². The minimum absolute atomic E-state index is 0.0638. The van der Waals surface area contributed by atoms with Crippen molar-refractivity contribution in [2.75, 3.05) is 6.61 Å². The fourth-order valence-corrected chi connectivity index (χ4v) is 4.44. The van der Waals surface area contributed by atoms with Gasteiger partial charge in [-0.05, 0) is 79.8 Å². The van der Waals surface area contributed by atoms with Gasteiger partial charge in [0, 0.05) is 0 Å². The van der Waals surface area contributed by atoms with Crippen molar-refractivity contribution in [3.63, 3.8) is 0 Å². The normalized spacial score (nSPS) is 16.0. The van der Waals surface area contributed by atoms with Crippen molar-refractivity contribution in [2.45, 2.75) is 65.2 Å². The van der Waals surface area contributed by atoms with Crippen molar-refractivity contribution in [3.05, 3.63) is 70.8 Å². The average Bonchev–Trinajstić information content (AvgIpc) is 3.14. The van der Waals surface area contributed by atoms with Crippen LogP contribution in [0.4, 0.5) is 8.78 Å². The second kappa shape index (κ2) is 10.7. The first kappa shape index (κ1) is 23.2. The predicted octanol–water partition coefficient (Wildman–Crippen LogP) is 7.58. The van der Waals surface area contributed by atoms with Crippen LogP contribution >= 0.6 is 0 Å². The molecule has 0 radical (unpaired) electrons.